The molecule has 5 rings (SSSR count). The van der Waals surface area contributed by atoms with Gasteiger partial charge < -0.3 is 18.8 Å². The largest absolute Gasteiger partial charge is 0.496 e. The Balaban J connectivity index is 1.32. The van der Waals surface area contributed by atoms with Crippen LogP contribution in [0.4, 0.5) is 0 Å². The smallest absolute Gasteiger partial charge is 0.231 e. The first-order valence-electron chi connectivity index (χ1n) is 9.33. The number of methoxy groups -OCH3 is 1. The third-order valence-electron chi connectivity index (χ3n) is 4.76. The number of rotatable bonds is 6. The van der Waals surface area contributed by atoms with Gasteiger partial charge in [0.25, 0.3) is 0 Å². The van der Waals surface area contributed by atoms with Gasteiger partial charge in [-0.05, 0) is 36.4 Å². The molecule has 0 aliphatic carbocycles. The number of hydrogen-bond donors (Lipinski definition) is 0. The average molecular weight is 473 g/mol. The molecule has 0 unspecified atom stereocenters. The quantitative estimate of drug-likeness (QED) is 0.353. The molecule has 0 atom stereocenters. The van der Waals surface area contributed by atoms with Crippen LogP contribution in [0.15, 0.2) is 46.9 Å². The van der Waals surface area contributed by atoms with Gasteiger partial charge in [0.15, 0.2) is 22.5 Å². The van der Waals surface area contributed by atoms with Crippen molar-refractivity contribution in [2.24, 2.45) is 7.05 Å². The summed E-state index contributed by atoms with van der Waals surface area (Å²) in [7, 11) is 3.55. The van der Waals surface area contributed by atoms with Crippen LogP contribution in [0.3, 0.4) is 0 Å². The van der Waals surface area contributed by atoms with E-state index >= 15 is 0 Å². The highest BCUT2D eigenvalue weighted by atomic mass is 35.5. The maximum absolute atomic E-state index is 6.17. The van der Waals surface area contributed by atoms with Crippen LogP contribution in [-0.4, -0.2) is 33.7 Å². The molecular weight excluding hydrogens is 456 g/mol. The Morgan fingerprint density at radius 3 is 2.90 bits per heavy atom. The number of hydrogen-bond acceptors (Lipinski definition) is 8. The first-order chi connectivity index (χ1) is 15.1. The van der Waals surface area contributed by atoms with Crippen molar-refractivity contribution >= 4 is 34.7 Å². The van der Waals surface area contributed by atoms with Crippen LogP contribution in [-0.2, 0) is 12.8 Å². The molecule has 2 aromatic carbocycles. The van der Waals surface area contributed by atoms with Gasteiger partial charge in [-0.25, -0.2) is 4.98 Å². The molecule has 0 radical (unpaired) electrons. The molecule has 1 aliphatic rings. The Morgan fingerprint density at radius 1 is 1.16 bits per heavy atom. The van der Waals surface area contributed by atoms with E-state index in [1.165, 1.54) is 0 Å². The zero-order valence-electron chi connectivity index (χ0n) is 16.7. The molecule has 10 heteroatoms. The number of thiazole rings is 1. The van der Waals surface area contributed by atoms with Crippen molar-refractivity contribution in [1.29, 1.82) is 0 Å². The zero-order chi connectivity index (χ0) is 21.4. The van der Waals surface area contributed by atoms with Crippen LogP contribution < -0.4 is 14.2 Å². The van der Waals surface area contributed by atoms with Gasteiger partial charge in [-0.15, -0.1) is 21.5 Å². The van der Waals surface area contributed by atoms with Crippen LogP contribution in [0, 0.1) is 0 Å². The van der Waals surface area contributed by atoms with E-state index in [1.807, 2.05) is 41.9 Å². The fraction of sp³-hybridized carbons (Fsp3) is 0.190. The van der Waals surface area contributed by atoms with E-state index < -0.39 is 0 Å². The van der Waals surface area contributed by atoms with Gasteiger partial charge in [0.05, 0.1) is 18.4 Å². The molecule has 0 saturated heterocycles. The maximum Gasteiger partial charge on any atom is 0.231 e. The predicted molar refractivity (Wildman–Crippen MR) is 121 cm³/mol. The first kappa shape index (κ1) is 20.2. The highest BCUT2D eigenvalue weighted by Crippen LogP contribution is 2.37. The van der Waals surface area contributed by atoms with Crippen molar-refractivity contribution < 1.29 is 14.2 Å². The fourth-order valence-electron chi connectivity index (χ4n) is 3.20. The maximum atomic E-state index is 6.17. The topological polar surface area (TPSA) is 71.3 Å². The normalized spacial score (nSPS) is 12.4. The van der Waals surface area contributed by atoms with Gasteiger partial charge in [0.2, 0.25) is 6.79 Å². The van der Waals surface area contributed by atoms with Gasteiger partial charge >= 0.3 is 0 Å². The molecule has 31 heavy (non-hydrogen) atoms. The van der Waals surface area contributed by atoms with E-state index in [-0.39, 0.29) is 6.79 Å². The molecule has 1 aliphatic heterocycles. The van der Waals surface area contributed by atoms with Gasteiger partial charge in [-0.1, -0.05) is 23.4 Å². The molecule has 0 amide bonds. The summed E-state index contributed by atoms with van der Waals surface area (Å²) in [6, 6.07) is 11.3. The minimum Gasteiger partial charge on any atom is -0.496 e. The molecule has 0 saturated carbocycles. The Bertz CT molecular complexity index is 1260. The predicted octanol–water partition coefficient (Wildman–Crippen LogP) is 5.29. The second-order valence-electron chi connectivity index (χ2n) is 6.71. The first-order valence-corrected chi connectivity index (χ1v) is 11.6. The van der Waals surface area contributed by atoms with Crippen molar-refractivity contribution in [2.45, 2.75) is 10.9 Å². The molecule has 0 fully saturated rings. The third-order valence-corrected chi connectivity index (χ3v) is 6.99. The van der Waals surface area contributed by atoms with E-state index in [0.717, 1.165) is 38.5 Å². The lowest BCUT2D eigenvalue weighted by molar-refractivity contribution is 0.174. The molecule has 3 heterocycles. The van der Waals surface area contributed by atoms with Crippen LogP contribution in [0.5, 0.6) is 17.2 Å². The van der Waals surface area contributed by atoms with Crippen molar-refractivity contribution in [3.05, 3.63) is 52.5 Å². The lowest BCUT2D eigenvalue weighted by Gasteiger charge is -2.08. The lowest BCUT2D eigenvalue weighted by atomic mass is 10.2. The summed E-state index contributed by atoms with van der Waals surface area (Å²) in [6.07, 6.45) is 0. The molecule has 0 bridgehead atoms. The van der Waals surface area contributed by atoms with Crippen LogP contribution in [0.25, 0.3) is 22.0 Å². The Kier molecular flexibility index (Phi) is 5.47. The van der Waals surface area contributed by atoms with Crippen molar-refractivity contribution in [2.75, 3.05) is 13.9 Å². The second-order valence-corrected chi connectivity index (χ2v) is 8.95. The van der Waals surface area contributed by atoms with Crippen LogP contribution >= 0.6 is 34.7 Å². The van der Waals surface area contributed by atoms with E-state index in [0.29, 0.717) is 22.3 Å². The number of fused-ring (bicyclic) bond motifs is 1. The summed E-state index contributed by atoms with van der Waals surface area (Å²) in [5, 5.41) is 13.1. The van der Waals surface area contributed by atoms with Crippen LogP contribution in [0.1, 0.15) is 5.69 Å². The van der Waals surface area contributed by atoms with Gasteiger partial charge in [-0.2, -0.15) is 0 Å². The highest BCUT2D eigenvalue weighted by Gasteiger charge is 2.18. The van der Waals surface area contributed by atoms with Crippen molar-refractivity contribution in [3.8, 4) is 39.2 Å². The minimum atomic E-state index is 0.263. The lowest BCUT2D eigenvalue weighted by Crippen LogP contribution is -1.97. The van der Waals surface area contributed by atoms with Gasteiger partial charge in [-0.3, -0.25) is 0 Å². The Labute approximate surface area is 192 Å². The molecule has 2 aromatic heterocycles. The van der Waals surface area contributed by atoms with E-state index in [9.17, 15) is 0 Å². The van der Waals surface area contributed by atoms with E-state index in [2.05, 4.69) is 15.6 Å². The van der Waals surface area contributed by atoms with E-state index in [4.69, 9.17) is 30.8 Å². The number of nitrogens with zero attached hydrogens (tertiary/aromatic N) is 4. The molecular formula is C21H17ClN4O3S2. The van der Waals surface area contributed by atoms with E-state index in [1.54, 1.807) is 36.3 Å². The standard InChI is InChI=1S/C21H17ClN4O3S2/c1-26-19(15-8-13(22)4-6-16(15)27-2)24-25-21(26)31-10-14-9-30-20(23-14)12-3-5-17-18(7-12)29-11-28-17/h3-9H,10-11H2,1-2H3. The number of benzene rings is 2. The minimum absolute atomic E-state index is 0.263. The molecule has 7 nitrogen and oxygen atoms in total. The summed E-state index contributed by atoms with van der Waals surface area (Å²) in [5.41, 5.74) is 2.79. The molecule has 4 aromatic rings. The number of thioether (sulfide) groups is 1. The van der Waals surface area contributed by atoms with Crippen molar-refractivity contribution in [3.63, 3.8) is 0 Å². The number of ether oxygens (including phenoxy) is 3. The Hall–Kier alpha value is -2.75. The Morgan fingerprint density at radius 2 is 2.03 bits per heavy atom. The van der Waals surface area contributed by atoms with Gasteiger partial charge in [0, 0.05) is 28.8 Å². The second kappa shape index (κ2) is 8.41. The monoisotopic (exact) mass is 472 g/mol. The summed E-state index contributed by atoms with van der Waals surface area (Å²) in [5.74, 6) is 3.60. The molecule has 158 valence electrons. The SMILES string of the molecule is COc1ccc(Cl)cc1-c1nnc(SCc2csc(-c3ccc4c(c3)OCO4)n2)n1C. The molecule has 0 spiro atoms. The fourth-order valence-corrected chi connectivity index (χ4v) is 5.10. The third kappa shape index (κ3) is 3.96. The number of halogens is 1. The van der Waals surface area contributed by atoms with Gasteiger partial charge in [0.1, 0.15) is 10.8 Å². The summed E-state index contributed by atoms with van der Waals surface area (Å²) >= 11 is 9.35. The average Bonchev–Trinajstić information content (AvgIpc) is 3.51. The highest BCUT2D eigenvalue weighted by molar-refractivity contribution is 7.98. The van der Waals surface area contributed by atoms with Crippen LogP contribution in [0.2, 0.25) is 5.02 Å². The summed E-state index contributed by atoms with van der Waals surface area (Å²) in [4.78, 5) is 4.76. The molecule has 0 N–H and O–H groups in total. The summed E-state index contributed by atoms with van der Waals surface area (Å²) in [6.45, 7) is 0.263. The number of aromatic nitrogens is 4. The summed E-state index contributed by atoms with van der Waals surface area (Å²) < 4.78 is 18.2. The zero-order valence-corrected chi connectivity index (χ0v) is 19.1. The van der Waals surface area contributed by atoms with Crippen molar-refractivity contribution in [1.82, 2.24) is 19.7 Å².